The van der Waals surface area contributed by atoms with Gasteiger partial charge in [-0.3, -0.25) is 14.5 Å². The number of amides is 2. The third-order valence-electron chi connectivity index (χ3n) is 3.03. The van der Waals surface area contributed by atoms with Crippen molar-refractivity contribution < 1.29 is 23.9 Å². The van der Waals surface area contributed by atoms with E-state index < -0.39 is 17.1 Å². The molecule has 8 heteroatoms. The van der Waals surface area contributed by atoms with Crippen LogP contribution in [0, 0.1) is 12.3 Å². The first-order chi connectivity index (χ1) is 12.0. The number of hydrogen-bond donors (Lipinski definition) is 0. The second-order valence-electron chi connectivity index (χ2n) is 4.75. The molecule has 0 atom stereocenters. The summed E-state index contributed by atoms with van der Waals surface area (Å²) < 4.78 is 11.0. The highest BCUT2D eigenvalue weighted by Gasteiger charge is 2.34. The van der Waals surface area contributed by atoms with Crippen LogP contribution in [0.25, 0.3) is 6.08 Å². The van der Waals surface area contributed by atoms with Gasteiger partial charge in [-0.25, -0.2) is 4.79 Å². The Morgan fingerprint density at radius 1 is 1.44 bits per heavy atom. The van der Waals surface area contributed by atoms with Gasteiger partial charge in [-0.15, -0.1) is 6.42 Å². The summed E-state index contributed by atoms with van der Waals surface area (Å²) >= 11 is 4.15. The molecule has 2 amide bonds. The molecule has 0 aliphatic carbocycles. The van der Waals surface area contributed by atoms with E-state index in [2.05, 4.69) is 21.9 Å². The van der Waals surface area contributed by atoms with Gasteiger partial charge in [-0.1, -0.05) is 21.9 Å². The number of carbonyl (C=O) groups is 3. The second-order valence-corrected chi connectivity index (χ2v) is 6.66. The van der Waals surface area contributed by atoms with Crippen molar-refractivity contribution in [3.05, 3.63) is 33.1 Å². The van der Waals surface area contributed by atoms with E-state index in [1.165, 1.54) is 6.08 Å². The van der Waals surface area contributed by atoms with Gasteiger partial charge in [0.15, 0.2) is 6.61 Å². The van der Waals surface area contributed by atoms with E-state index in [9.17, 15) is 14.4 Å². The van der Waals surface area contributed by atoms with Crippen molar-refractivity contribution >= 4 is 50.9 Å². The summed E-state index contributed by atoms with van der Waals surface area (Å²) in [6, 6.07) is 5.11. The number of terminal acetylenes is 1. The van der Waals surface area contributed by atoms with Gasteiger partial charge in [-0.2, -0.15) is 0 Å². The van der Waals surface area contributed by atoms with Crippen LogP contribution in [-0.2, 0) is 14.3 Å². The van der Waals surface area contributed by atoms with Gasteiger partial charge in [0.1, 0.15) is 5.75 Å². The summed E-state index contributed by atoms with van der Waals surface area (Å²) in [6.07, 6.45) is 6.71. The van der Waals surface area contributed by atoms with Gasteiger partial charge in [0.25, 0.3) is 11.1 Å². The molecule has 1 aromatic rings. The molecule has 0 bridgehead atoms. The molecular formula is C17H14BrNO5S. The molecule has 0 unspecified atom stereocenters. The number of carbonyl (C=O) groups excluding carboxylic acids is 3. The molecule has 0 saturated carbocycles. The predicted octanol–water partition coefficient (Wildman–Crippen LogP) is 3.06. The molecule has 130 valence electrons. The lowest BCUT2D eigenvalue weighted by Gasteiger charge is -2.10. The average molecular weight is 424 g/mol. The first-order valence-corrected chi connectivity index (χ1v) is 8.84. The van der Waals surface area contributed by atoms with Crippen LogP contribution in [-0.4, -0.2) is 41.8 Å². The molecule has 1 saturated heterocycles. The number of thioether (sulfide) groups is 1. The quantitative estimate of drug-likeness (QED) is 0.397. The van der Waals surface area contributed by atoms with E-state index in [-0.39, 0.29) is 24.7 Å². The third kappa shape index (κ3) is 4.87. The smallest absolute Gasteiger partial charge is 0.344 e. The molecule has 1 aliphatic heterocycles. The van der Waals surface area contributed by atoms with Crippen molar-refractivity contribution in [2.75, 3.05) is 19.8 Å². The van der Waals surface area contributed by atoms with E-state index >= 15 is 0 Å². The fourth-order valence-corrected chi connectivity index (χ4v) is 3.18. The second kappa shape index (κ2) is 8.74. The number of ether oxygens (including phenoxy) is 2. The molecule has 0 spiro atoms. The highest BCUT2D eigenvalue weighted by Crippen LogP contribution is 2.34. The van der Waals surface area contributed by atoms with Crippen LogP contribution in [0.1, 0.15) is 12.5 Å². The molecule has 6 nitrogen and oxygen atoms in total. The van der Waals surface area contributed by atoms with Crippen LogP contribution in [0.2, 0.25) is 0 Å². The Kier molecular flexibility index (Phi) is 6.67. The minimum Gasteiger partial charge on any atom is -0.481 e. The molecule has 2 rings (SSSR count). The van der Waals surface area contributed by atoms with Crippen LogP contribution in [0.15, 0.2) is 27.6 Å². The molecule has 25 heavy (non-hydrogen) atoms. The Morgan fingerprint density at radius 3 is 2.88 bits per heavy atom. The van der Waals surface area contributed by atoms with E-state index in [0.717, 1.165) is 21.1 Å². The molecule has 1 heterocycles. The SMILES string of the molecule is C#CCN1C(=O)S/C(=C/c2cc(Br)ccc2OCC(=O)OCC)C1=O. The number of nitrogens with zero attached hydrogens (tertiary/aromatic N) is 1. The lowest BCUT2D eigenvalue weighted by atomic mass is 10.2. The van der Waals surface area contributed by atoms with Gasteiger partial charge in [0.2, 0.25) is 0 Å². The zero-order valence-corrected chi connectivity index (χ0v) is 15.7. The molecular weight excluding hydrogens is 410 g/mol. The number of imide groups is 1. The highest BCUT2D eigenvalue weighted by molar-refractivity contribution is 9.10. The maximum absolute atomic E-state index is 12.3. The zero-order valence-electron chi connectivity index (χ0n) is 13.3. The maximum Gasteiger partial charge on any atom is 0.344 e. The standard InChI is InChI=1S/C17H14BrNO5S/c1-3-7-19-16(21)14(25-17(19)22)9-11-8-12(18)5-6-13(11)24-10-15(20)23-4-2/h1,5-6,8-9H,4,7,10H2,2H3/b14-9+. The number of halogens is 1. The minimum atomic E-state index is -0.495. The summed E-state index contributed by atoms with van der Waals surface area (Å²) in [4.78, 5) is 36.8. The molecule has 0 aromatic heterocycles. The zero-order chi connectivity index (χ0) is 18.4. The van der Waals surface area contributed by atoms with Crippen molar-refractivity contribution in [1.29, 1.82) is 0 Å². The van der Waals surface area contributed by atoms with E-state index in [0.29, 0.717) is 11.3 Å². The van der Waals surface area contributed by atoms with Gasteiger partial charge in [0, 0.05) is 10.0 Å². The largest absolute Gasteiger partial charge is 0.481 e. The monoisotopic (exact) mass is 423 g/mol. The summed E-state index contributed by atoms with van der Waals surface area (Å²) in [6.45, 7) is 1.63. The molecule has 0 radical (unpaired) electrons. The van der Waals surface area contributed by atoms with Crippen molar-refractivity contribution in [3.8, 4) is 18.1 Å². The first kappa shape index (κ1) is 19.1. The highest BCUT2D eigenvalue weighted by atomic mass is 79.9. The van der Waals surface area contributed by atoms with Crippen LogP contribution in [0.5, 0.6) is 5.75 Å². The van der Waals surface area contributed by atoms with E-state index in [4.69, 9.17) is 15.9 Å². The van der Waals surface area contributed by atoms with Crippen molar-refractivity contribution in [2.45, 2.75) is 6.92 Å². The van der Waals surface area contributed by atoms with Crippen LogP contribution < -0.4 is 4.74 Å². The fourth-order valence-electron chi connectivity index (χ4n) is 1.97. The summed E-state index contributed by atoms with van der Waals surface area (Å²) in [5, 5.41) is -0.418. The van der Waals surface area contributed by atoms with Crippen molar-refractivity contribution in [3.63, 3.8) is 0 Å². The fraction of sp³-hybridized carbons (Fsp3) is 0.235. The van der Waals surface area contributed by atoms with E-state index in [1.54, 1.807) is 25.1 Å². The Balaban J connectivity index is 2.25. The average Bonchev–Trinajstić information content (AvgIpc) is 2.82. The Morgan fingerprint density at radius 2 is 2.20 bits per heavy atom. The lowest BCUT2D eigenvalue weighted by Crippen LogP contribution is -2.28. The predicted molar refractivity (Wildman–Crippen MR) is 97.8 cm³/mol. The van der Waals surface area contributed by atoms with Crippen molar-refractivity contribution in [1.82, 2.24) is 4.90 Å². The lowest BCUT2D eigenvalue weighted by molar-refractivity contribution is -0.145. The Labute approximate surface area is 157 Å². The number of esters is 1. The van der Waals surface area contributed by atoms with Gasteiger partial charge < -0.3 is 9.47 Å². The first-order valence-electron chi connectivity index (χ1n) is 7.23. The Bertz CT molecular complexity index is 784. The molecule has 1 aromatic carbocycles. The van der Waals surface area contributed by atoms with Gasteiger partial charge in [-0.05, 0) is 43.0 Å². The van der Waals surface area contributed by atoms with Crippen LogP contribution in [0.3, 0.4) is 0 Å². The number of hydrogen-bond acceptors (Lipinski definition) is 6. The molecule has 0 N–H and O–H groups in total. The topological polar surface area (TPSA) is 72.9 Å². The Hall–Kier alpha value is -2.24. The molecule has 1 fully saturated rings. The van der Waals surface area contributed by atoms with Crippen LogP contribution >= 0.6 is 27.7 Å². The normalized spacial score (nSPS) is 15.4. The number of benzene rings is 1. The summed E-state index contributed by atoms with van der Waals surface area (Å²) in [7, 11) is 0. The summed E-state index contributed by atoms with van der Waals surface area (Å²) in [5.74, 6) is 1.72. The maximum atomic E-state index is 12.3. The summed E-state index contributed by atoms with van der Waals surface area (Å²) in [5.41, 5.74) is 0.546. The van der Waals surface area contributed by atoms with E-state index in [1.807, 2.05) is 0 Å². The van der Waals surface area contributed by atoms with Crippen molar-refractivity contribution in [2.24, 2.45) is 0 Å². The number of rotatable bonds is 6. The van der Waals surface area contributed by atoms with Gasteiger partial charge in [0.05, 0.1) is 18.1 Å². The van der Waals surface area contributed by atoms with Crippen LogP contribution in [0.4, 0.5) is 4.79 Å². The third-order valence-corrected chi connectivity index (χ3v) is 4.43. The minimum absolute atomic E-state index is 0.0767. The van der Waals surface area contributed by atoms with Gasteiger partial charge >= 0.3 is 5.97 Å². The molecule has 1 aliphatic rings.